The summed E-state index contributed by atoms with van der Waals surface area (Å²) in [6.07, 6.45) is 0. The molecule has 12 rings (SSSR count). The SMILES string of the molecule is c1ccc2c(c1)oc1ccc(-c3c4ccccc4c(-c4ccc5c(c4)oc4ccc6c(ccc7oc8ccccc8c76)c45)c4ccccc34)cc12. The quantitative estimate of drug-likeness (QED) is 0.175. The van der Waals surface area contributed by atoms with Gasteiger partial charge in [-0.2, -0.15) is 0 Å². The smallest absolute Gasteiger partial charge is 0.136 e. The molecule has 0 fully saturated rings. The molecule has 0 saturated heterocycles. The van der Waals surface area contributed by atoms with E-state index >= 15 is 0 Å². The van der Waals surface area contributed by atoms with E-state index in [0.29, 0.717) is 0 Å². The summed E-state index contributed by atoms with van der Waals surface area (Å²) >= 11 is 0. The van der Waals surface area contributed by atoms with E-state index in [1.165, 1.54) is 49.0 Å². The average Bonchev–Trinajstić information content (AvgIpc) is 3.87. The van der Waals surface area contributed by atoms with E-state index in [1.807, 2.05) is 24.3 Å². The fraction of sp³-hybridized carbons (Fsp3) is 0. The third kappa shape index (κ3) is 3.67. The molecular formula is C48H26O3. The summed E-state index contributed by atoms with van der Waals surface area (Å²) in [5, 5.41) is 14.0. The molecule has 0 aliphatic rings. The molecule has 0 bridgehead atoms. The standard InChI is InChI=1S/C48H26O3/c1-3-12-32-30(10-1)45(27-18-22-41-38(25-27)29-9-5-7-15-39(29)49-41)31-11-2-4-13-33(31)46(32)28-17-19-37-44(26-28)51-43-24-21-34-35(48(37)43)20-23-42-47(34)36-14-6-8-16-40(36)50-42/h1-26H. The molecule has 3 nitrogen and oxygen atoms in total. The van der Waals surface area contributed by atoms with Crippen LogP contribution >= 0.6 is 0 Å². The first kappa shape index (κ1) is 27.0. The molecule has 3 heterocycles. The first-order valence-corrected chi connectivity index (χ1v) is 17.3. The van der Waals surface area contributed by atoms with Crippen molar-refractivity contribution in [1.82, 2.24) is 0 Å². The largest absolute Gasteiger partial charge is 0.456 e. The van der Waals surface area contributed by atoms with Gasteiger partial charge < -0.3 is 13.3 Å². The lowest BCUT2D eigenvalue weighted by Gasteiger charge is -2.17. The van der Waals surface area contributed by atoms with Crippen LogP contribution in [-0.2, 0) is 0 Å². The van der Waals surface area contributed by atoms with Crippen molar-refractivity contribution >= 4 is 98.1 Å². The second-order valence-corrected chi connectivity index (χ2v) is 13.5. The van der Waals surface area contributed by atoms with Crippen molar-refractivity contribution in [2.45, 2.75) is 0 Å². The molecule has 0 radical (unpaired) electrons. The van der Waals surface area contributed by atoms with Gasteiger partial charge in [-0.3, -0.25) is 0 Å². The Hall–Kier alpha value is -6.84. The molecule has 0 aliphatic heterocycles. The zero-order valence-electron chi connectivity index (χ0n) is 27.2. The van der Waals surface area contributed by atoms with E-state index < -0.39 is 0 Å². The van der Waals surface area contributed by atoms with E-state index in [2.05, 4.69) is 133 Å². The molecule has 0 spiro atoms. The van der Waals surface area contributed by atoms with Gasteiger partial charge in [-0.1, -0.05) is 97.1 Å². The van der Waals surface area contributed by atoms with Gasteiger partial charge in [0, 0.05) is 32.3 Å². The van der Waals surface area contributed by atoms with Crippen molar-refractivity contribution in [2.75, 3.05) is 0 Å². The van der Waals surface area contributed by atoms with Gasteiger partial charge in [-0.25, -0.2) is 0 Å². The summed E-state index contributed by atoms with van der Waals surface area (Å²) in [5.41, 5.74) is 10.1. The number of rotatable bonds is 2. The number of furan rings is 3. The maximum atomic E-state index is 6.66. The number of para-hydroxylation sites is 2. The summed E-state index contributed by atoms with van der Waals surface area (Å²) < 4.78 is 19.1. The van der Waals surface area contributed by atoms with Crippen LogP contribution in [0.25, 0.3) is 120 Å². The highest BCUT2D eigenvalue weighted by molar-refractivity contribution is 6.28. The molecule has 0 aliphatic carbocycles. The summed E-state index contributed by atoms with van der Waals surface area (Å²) in [7, 11) is 0. The predicted octanol–water partition coefficient (Wildman–Crippen LogP) is 14.2. The predicted molar refractivity (Wildman–Crippen MR) is 212 cm³/mol. The van der Waals surface area contributed by atoms with Crippen molar-refractivity contribution < 1.29 is 13.3 Å². The van der Waals surface area contributed by atoms with E-state index in [0.717, 1.165) is 71.4 Å². The van der Waals surface area contributed by atoms with Crippen LogP contribution in [0.3, 0.4) is 0 Å². The fourth-order valence-electron chi connectivity index (χ4n) is 8.69. The van der Waals surface area contributed by atoms with E-state index in [1.54, 1.807) is 0 Å². The third-order valence-electron chi connectivity index (χ3n) is 10.9. The van der Waals surface area contributed by atoms with Gasteiger partial charge in [0.25, 0.3) is 0 Å². The van der Waals surface area contributed by atoms with Crippen LogP contribution in [-0.4, -0.2) is 0 Å². The van der Waals surface area contributed by atoms with Gasteiger partial charge in [0.2, 0.25) is 0 Å². The van der Waals surface area contributed by atoms with Gasteiger partial charge in [0.05, 0.1) is 0 Å². The van der Waals surface area contributed by atoms with Crippen molar-refractivity contribution in [2.24, 2.45) is 0 Å². The van der Waals surface area contributed by atoms with Gasteiger partial charge in [0.1, 0.15) is 33.5 Å². The molecule has 3 heteroatoms. The summed E-state index contributed by atoms with van der Waals surface area (Å²) in [4.78, 5) is 0. The Bertz CT molecular complexity index is 3370. The Balaban J connectivity index is 1.11. The molecule has 0 atom stereocenters. The maximum absolute atomic E-state index is 6.66. The van der Waals surface area contributed by atoms with Crippen molar-refractivity contribution in [3.63, 3.8) is 0 Å². The highest BCUT2D eigenvalue weighted by atomic mass is 16.3. The Morgan fingerprint density at radius 2 is 0.627 bits per heavy atom. The highest BCUT2D eigenvalue weighted by Gasteiger charge is 2.20. The van der Waals surface area contributed by atoms with Crippen LogP contribution in [0.5, 0.6) is 0 Å². The summed E-state index contributed by atoms with van der Waals surface area (Å²) in [5.74, 6) is 0. The van der Waals surface area contributed by atoms with Gasteiger partial charge in [-0.05, 0) is 115 Å². The first-order valence-electron chi connectivity index (χ1n) is 17.3. The minimum Gasteiger partial charge on any atom is -0.456 e. The molecule has 236 valence electrons. The fourth-order valence-corrected chi connectivity index (χ4v) is 8.69. The summed E-state index contributed by atoms with van der Waals surface area (Å²) in [6.45, 7) is 0. The van der Waals surface area contributed by atoms with Crippen molar-refractivity contribution in [3.8, 4) is 22.3 Å². The van der Waals surface area contributed by atoms with Crippen molar-refractivity contribution in [3.05, 3.63) is 158 Å². The summed E-state index contributed by atoms with van der Waals surface area (Å²) in [6, 6.07) is 56.0. The molecule has 0 saturated carbocycles. The zero-order valence-corrected chi connectivity index (χ0v) is 27.2. The lowest BCUT2D eigenvalue weighted by atomic mass is 9.85. The molecule has 12 aromatic rings. The maximum Gasteiger partial charge on any atom is 0.136 e. The van der Waals surface area contributed by atoms with Crippen molar-refractivity contribution in [1.29, 1.82) is 0 Å². The average molecular weight is 651 g/mol. The van der Waals surface area contributed by atoms with E-state index in [9.17, 15) is 0 Å². The second kappa shape index (κ2) is 9.87. The number of fused-ring (bicyclic) bond motifs is 14. The lowest BCUT2D eigenvalue weighted by Crippen LogP contribution is -1.90. The second-order valence-electron chi connectivity index (χ2n) is 13.5. The number of hydrogen-bond acceptors (Lipinski definition) is 3. The molecule has 9 aromatic carbocycles. The number of hydrogen-bond donors (Lipinski definition) is 0. The van der Waals surface area contributed by atoms with Crippen LogP contribution in [0.2, 0.25) is 0 Å². The van der Waals surface area contributed by atoms with E-state index in [-0.39, 0.29) is 0 Å². The highest BCUT2D eigenvalue weighted by Crippen LogP contribution is 2.46. The zero-order chi connectivity index (χ0) is 33.2. The van der Waals surface area contributed by atoms with Crippen LogP contribution in [0.4, 0.5) is 0 Å². The molecule has 0 amide bonds. The van der Waals surface area contributed by atoms with Gasteiger partial charge in [-0.15, -0.1) is 0 Å². The lowest BCUT2D eigenvalue weighted by molar-refractivity contribution is 0.668. The van der Waals surface area contributed by atoms with E-state index in [4.69, 9.17) is 13.3 Å². The van der Waals surface area contributed by atoms with Crippen LogP contribution < -0.4 is 0 Å². The molecule has 51 heavy (non-hydrogen) atoms. The minimum absolute atomic E-state index is 0.877. The Kier molecular flexibility index (Phi) is 5.23. The van der Waals surface area contributed by atoms with Crippen LogP contribution in [0.1, 0.15) is 0 Å². The molecule has 0 N–H and O–H groups in total. The van der Waals surface area contributed by atoms with Crippen LogP contribution in [0, 0.1) is 0 Å². The molecule has 0 unspecified atom stereocenters. The van der Waals surface area contributed by atoms with Crippen LogP contribution in [0.15, 0.2) is 171 Å². The Morgan fingerprint density at radius 3 is 1.25 bits per heavy atom. The monoisotopic (exact) mass is 650 g/mol. The Labute approximate surface area is 290 Å². The topological polar surface area (TPSA) is 39.4 Å². The molecule has 3 aromatic heterocycles. The third-order valence-corrected chi connectivity index (χ3v) is 10.9. The minimum atomic E-state index is 0.877. The van der Waals surface area contributed by atoms with Gasteiger partial charge in [0.15, 0.2) is 0 Å². The number of benzene rings is 9. The molecular weight excluding hydrogens is 625 g/mol. The van der Waals surface area contributed by atoms with Gasteiger partial charge >= 0.3 is 0 Å². The normalized spacial score (nSPS) is 12.3. The first-order chi connectivity index (χ1) is 25.3. The Morgan fingerprint density at radius 1 is 0.235 bits per heavy atom.